The van der Waals surface area contributed by atoms with Gasteiger partial charge < -0.3 is 39.6 Å². The van der Waals surface area contributed by atoms with E-state index in [1.807, 2.05) is 0 Å². The second kappa shape index (κ2) is 17.0. The normalized spacial score (nSPS) is 32.4. The van der Waals surface area contributed by atoms with Crippen LogP contribution in [0, 0.1) is 58.9 Å². The Kier molecular flexibility index (Phi) is 13.2. The van der Waals surface area contributed by atoms with E-state index in [1.54, 1.807) is 0 Å². The zero-order chi connectivity index (χ0) is 42.7. The van der Waals surface area contributed by atoms with Crippen molar-refractivity contribution >= 4 is 29.5 Å². The van der Waals surface area contributed by atoms with Gasteiger partial charge in [0.2, 0.25) is 5.78 Å². The van der Waals surface area contributed by atoms with Crippen molar-refractivity contribution in [3.8, 4) is 0 Å². The minimum Gasteiger partial charge on any atom is -0.462 e. The molecule has 4 rings (SSSR count). The molecule has 0 aromatic rings. The Balaban J connectivity index is 1.57. The highest BCUT2D eigenvalue weighted by atomic mass is 19.1. The van der Waals surface area contributed by atoms with Crippen molar-refractivity contribution < 1.29 is 81.8 Å². The number of ketones is 2. The number of alkyl halides is 1. The third-order valence-corrected chi connectivity index (χ3v) is 11.7. The summed E-state index contributed by atoms with van der Waals surface area (Å²) in [4.78, 5) is 109. The lowest BCUT2D eigenvalue weighted by Crippen LogP contribution is -2.70. The molecule has 0 bridgehead atoms. The number of carbonyl (C=O) groups is 5. The van der Waals surface area contributed by atoms with Crippen LogP contribution in [0.1, 0.15) is 65.7 Å². The van der Waals surface area contributed by atoms with Gasteiger partial charge in [-0.3, -0.25) is 24.0 Å². The average molecular weight is 821 g/mol. The molecule has 0 spiro atoms. The third kappa shape index (κ3) is 8.50. The van der Waals surface area contributed by atoms with Gasteiger partial charge in [-0.15, -0.1) is 30.3 Å². The van der Waals surface area contributed by atoms with E-state index >= 15 is 8.78 Å². The van der Waals surface area contributed by atoms with Crippen LogP contribution in [0.4, 0.5) is 8.78 Å². The van der Waals surface area contributed by atoms with Crippen LogP contribution in [0.3, 0.4) is 0 Å². The lowest BCUT2D eigenvalue weighted by molar-refractivity contribution is -0.790. The highest BCUT2D eigenvalue weighted by molar-refractivity contribution is 5.95. The molecule has 0 amide bonds. The van der Waals surface area contributed by atoms with E-state index in [2.05, 4.69) is 14.5 Å². The Labute approximate surface area is 321 Å². The van der Waals surface area contributed by atoms with E-state index in [-0.39, 0.29) is 18.4 Å². The number of fused-ring (bicyclic) bond motifs is 5. The summed E-state index contributed by atoms with van der Waals surface area (Å²) in [5, 5.41) is 39.7. The fourth-order valence-corrected chi connectivity index (χ4v) is 9.18. The zero-order valence-electron chi connectivity index (χ0n) is 31.0. The van der Waals surface area contributed by atoms with Gasteiger partial charge in [0.25, 0.3) is 15.3 Å². The molecule has 0 heterocycles. The van der Waals surface area contributed by atoms with Gasteiger partial charge in [0.15, 0.2) is 29.8 Å². The van der Waals surface area contributed by atoms with Crippen LogP contribution >= 0.6 is 0 Å². The number of aliphatic hydroxyl groups excluding tert-OH is 1. The van der Waals surface area contributed by atoms with Crippen LogP contribution in [0.2, 0.25) is 0 Å². The van der Waals surface area contributed by atoms with E-state index in [0.717, 1.165) is 6.08 Å². The van der Waals surface area contributed by atoms with E-state index < -0.39 is 167 Å². The largest absolute Gasteiger partial charge is 0.462 e. The van der Waals surface area contributed by atoms with Crippen molar-refractivity contribution in [3.63, 3.8) is 0 Å². The number of nitrogens with two attached hydrogens (primary N) is 1. The Hall–Kier alpha value is -5.39. The predicted molar refractivity (Wildman–Crippen MR) is 178 cm³/mol. The van der Waals surface area contributed by atoms with Gasteiger partial charge in [-0.2, -0.15) is 0 Å². The molecule has 22 nitrogen and oxygen atoms in total. The molecule has 0 radical (unpaired) electrons. The Morgan fingerprint density at radius 2 is 1.68 bits per heavy atom. The number of hydrogen-bond acceptors (Lipinski definition) is 19. The van der Waals surface area contributed by atoms with Gasteiger partial charge in [-0.1, -0.05) is 19.9 Å². The SMILES string of the molecule is C[C@@H]1CC2C3CC(F)=C4CC(=O)C=C[C@]4(C)[C@@]3(F)[C@@H](O)C[C@]2(C)[C@@]1(OC(=O)CCCO[N+](=O)[O-])C(=O)COC(=O)CC(N)C(=O)OCC(CO[N+](=O)[O-])O[N+](=O)[O-]. The maximum atomic E-state index is 17.8. The summed E-state index contributed by atoms with van der Waals surface area (Å²) in [6, 6.07) is -1.79. The predicted octanol–water partition coefficient (Wildman–Crippen LogP) is 1.33. The molecule has 3 N–H and O–H groups in total. The molecule has 4 unspecified atom stereocenters. The summed E-state index contributed by atoms with van der Waals surface area (Å²) in [6.07, 6.45) is -4.49. The molecule has 316 valence electrons. The van der Waals surface area contributed by atoms with Crippen molar-refractivity contribution in [1.29, 1.82) is 0 Å². The molecular weight excluding hydrogens is 778 g/mol. The van der Waals surface area contributed by atoms with Crippen molar-refractivity contribution in [2.75, 3.05) is 26.4 Å². The third-order valence-electron chi connectivity index (χ3n) is 11.7. The lowest BCUT2D eigenvalue weighted by Gasteiger charge is -2.62. The standard InChI is InChI=1S/C33H42F2N4O18/c1-17-9-20-21-11-23(34)22-10-18(40)6-7-30(22,2)32(21,35)25(41)13-31(20,3)33(17,56-27(43)5-4-8-54-37(46)47)26(42)16-52-28(44)12-24(36)29(45)53-14-19(57-39(50)51)15-55-38(48)49/h6-7,17,19-21,24-25,41H,4-5,8-16,36H2,1-3H3/t17-,19?,20?,21?,24?,25+,30+,31+,32+,33+/m1/s1. The molecule has 0 saturated heterocycles. The first-order valence-electron chi connectivity index (χ1n) is 17.7. The highest BCUT2D eigenvalue weighted by Gasteiger charge is 2.77. The van der Waals surface area contributed by atoms with Crippen LogP contribution in [0.15, 0.2) is 23.6 Å². The van der Waals surface area contributed by atoms with Crippen molar-refractivity contribution in [3.05, 3.63) is 53.9 Å². The van der Waals surface area contributed by atoms with Crippen molar-refractivity contribution in [1.82, 2.24) is 0 Å². The summed E-state index contributed by atoms with van der Waals surface area (Å²) < 4.78 is 49.5. The van der Waals surface area contributed by atoms with E-state index in [4.69, 9.17) is 19.9 Å². The Morgan fingerprint density at radius 3 is 2.32 bits per heavy atom. The van der Waals surface area contributed by atoms with Crippen LogP contribution in [0.5, 0.6) is 0 Å². The van der Waals surface area contributed by atoms with Crippen molar-refractivity contribution in [2.24, 2.45) is 34.3 Å². The van der Waals surface area contributed by atoms with Crippen LogP contribution in [-0.2, 0) is 52.7 Å². The van der Waals surface area contributed by atoms with Gasteiger partial charge in [0.1, 0.15) is 25.1 Å². The lowest BCUT2D eigenvalue weighted by atomic mass is 9.45. The number of hydrogen-bond donors (Lipinski definition) is 2. The Morgan fingerprint density at radius 1 is 1.02 bits per heavy atom. The number of nitrogens with zero attached hydrogens (tertiary/aromatic N) is 3. The Bertz CT molecular complexity index is 1740. The number of allylic oxidation sites excluding steroid dienone is 4. The molecule has 0 aromatic heterocycles. The van der Waals surface area contributed by atoms with Gasteiger partial charge in [0.05, 0.1) is 19.1 Å². The first-order chi connectivity index (χ1) is 26.5. The number of halogens is 2. The molecule has 24 heteroatoms. The van der Waals surface area contributed by atoms with E-state index in [0.29, 0.717) is 0 Å². The molecule has 4 aliphatic rings. The first-order valence-corrected chi connectivity index (χ1v) is 17.7. The number of rotatable bonds is 19. The fraction of sp³-hybridized carbons (Fsp3) is 0.727. The number of ether oxygens (including phenoxy) is 3. The van der Waals surface area contributed by atoms with E-state index in [1.165, 1.54) is 26.8 Å². The summed E-state index contributed by atoms with van der Waals surface area (Å²) >= 11 is 0. The molecule has 0 aliphatic heterocycles. The monoisotopic (exact) mass is 820 g/mol. The highest BCUT2D eigenvalue weighted by Crippen LogP contribution is 2.71. The van der Waals surface area contributed by atoms with Gasteiger partial charge in [-0.05, 0) is 43.8 Å². The number of esters is 3. The quantitative estimate of drug-likeness (QED) is 0.0610. The molecular formula is C33H42F2N4O18. The second-order valence-corrected chi connectivity index (χ2v) is 14.9. The second-order valence-electron chi connectivity index (χ2n) is 14.9. The summed E-state index contributed by atoms with van der Waals surface area (Å²) in [5.41, 5.74) is -2.61. The summed E-state index contributed by atoms with van der Waals surface area (Å²) in [7, 11) is 0. The minimum atomic E-state index is -2.55. The number of Topliss-reactive ketones (excluding diaryl/α,β-unsaturated/α-hetero) is 1. The number of aliphatic hydroxyl groups is 1. The minimum absolute atomic E-state index is 0.0527. The van der Waals surface area contributed by atoms with Crippen molar-refractivity contribution in [2.45, 2.75) is 95.2 Å². The molecule has 4 aliphatic carbocycles. The summed E-state index contributed by atoms with van der Waals surface area (Å²) in [6.45, 7) is 0.749. The fourth-order valence-electron chi connectivity index (χ4n) is 9.18. The average Bonchev–Trinajstić information content (AvgIpc) is 3.33. The zero-order valence-corrected chi connectivity index (χ0v) is 31.0. The maximum Gasteiger partial charge on any atom is 0.323 e. The molecule has 10 atom stereocenters. The molecule has 0 aromatic carbocycles. The van der Waals surface area contributed by atoms with Crippen LogP contribution in [0.25, 0.3) is 0 Å². The topological polar surface area (TPSA) is 316 Å². The van der Waals surface area contributed by atoms with Gasteiger partial charge >= 0.3 is 17.9 Å². The van der Waals surface area contributed by atoms with Crippen LogP contribution in [-0.4, -0.2) is 106 Å². The van der Waals surface area contributed by atoms with E-state index in [9.17, 15) is 59.4 Å². The maximum absolute atomic E-state index is 17.8. The van der Waals surface area contributed by atoms with Gasteiger partial charge in [0, 0.05) is 41.9 Å². The van der Waals surface area contributed by atoms with Gasteiger partial charge in [-0.25, -0.2) is 8.78 Å². The summed E-state index contributed by atoms with van der Waals surface area (Å²) in [5.74, 6) is -9.14. The number of carbonyl (C=O) groups excluding carboxylic acids is 5. The molecule has 57 heavy (non-hydrogen) atoms. The van der Waals surface area contributed by atoms with Crippen LogP contribution < -0.4 is 5.73 Å². The first kappa shape index (κ1) is 44.3. The molecule has 2 saturated carbocycles. The smallest absolute Gasteiger partial charge is 0.323 e. The molecule has 2 fully saturated rings.